The van der Waals surface area contributed by atoms with E-state index in [9.17, 15) is 4.39 Å². The summed E-state index contributed by atoms with van der Waals surface area (Å²) < 4.78 is 20.4. The molecule has 1 aliphatic carbocycles. The second-order valence-corrected chi connectivity index (χ2v) is 5.36. The van der Waals surface area contributed by atoms with Gasteiger partial charge in [0, 0.05) is 9.99 Å². The summed E-state index contributed by atoms with van der Waals surface area (Å²) in [5.41, 5.74) is 0.180. The van der Waals surface area contributed by atoms with Crippen molar-refractivity contribution in [2.24, 2.45) is 5.92 Å². The highest BCUT2D eigenvalue weighted by molar-refractivity contribution is 14.1. The lowest BCUT2D eigenvalue weighted by Crippen LogP contribution is -2.30. The van der Waals surface area contributed by atoms with Crippen molar-refractivity contribution in [3.05, 3.63) is 35.6 Å². The quantitative estimate of drug-likeness (QED) is 0.586. The summed E-state index contributed by atoms with van der Waals surface area (Å²) in [5.74, 6) is 0.534. The Morgan fingerprint density at radius 2 is 2.12 bits per heavy atom. The topological polar surface area (TPSA) is 9.23 Å². The molecule has 0 aromatic heterocycles. The number of rotatable bonds is 5. The highest BCUT2D eigenvalue weighted by Gasteiger charge is 2.32. The van der Waals surface area contributed by atoms with Crippen LogP contribution >= 0.6 is 22.6 Å². The van der Waals surface area contributed by atoms with Crippen molar-refractivity contribution in [3.63, 3.8) is 0 Å². The van der Waals surface area contributed by atoms with Crippen molar-refractivity contribution in [2.45, 2.75) is 25.4 Å². The summed E-state index contributed by atoms with van der Waals surface area (Å²) in [6.45, 7) is 2.73. The van der Waals surface area contributed by atoms with Crippen LogP contribution in [0.1, 0.15) is 25.3 Å². The van der Waals surface area contributed by atoms with Crippen LogP contribution in [0.4, 0.5) is 4.39 Å². The van der Waals surface area contributed by atoms with Crippen molar-refractivity contribution >= 4 is 22.6 Å². The third-order valence-electron chi connectivity index (χ3n) is 3.03. The maximum Gasteiger partial charge on any atom is 0.129 e. The molecule has 0 N–H and O–H groups in total. The van der Waals surface area contributed by atoms with E-state index in [4.69, 9.17) is 4.74 Å². The molecule has 0 aliphatic heterocycles. The van der Waals surface area contributed by atoms with Crippen LogP contribution in [-0.2, 0) is 10.3 Å². The van der Waals surface area contributed by atoms with E-state index in [1.165, 1.54) is 18.9 Å². The van der Waals surface area contributed by atoms with Crippen LogP contribution in [0.25, 0.3) is 0 Å². The molecule has 1 fully saturated rings. The second-order valence-electron chi connectivity index (χ2n) is 4.60. The molecule has 16 heavy (non-hydrogen) atoms. The number of alkyl halides is 1. The molecular formula is C13H16FIO. The van der Waals surface area contributed by atoms with E-state index in [1.807, 2.05) is 19.1 Å². The monoisotopic (exact) mass is 334 g/mol. The predicted molar refractivity (Wildman–Crippen MR) is 71.3 cm³/mol. The maximum atomic E-state index is 13.7. The summed E-state index contributed by atoms with van der Waals surface area (Å²) in [7, 11) is 0. The van der Waals surface area contributed by atoms with Gasteiger partial charge in [-0.2, -0.15) is 0 Å². The number of benzene rings is 1. The smallest absolute Gasteiger partial charge is 0.129 e. The molecule has 1 saturated carbocycles. The molecule has 88 valence electrons. The minimum atomic E-state index is -0.492. The SMILES string of the molecule is CC(CI)(OCC1CC1)c1ccccc1F. The van der Waals surface area contributed by atoms with Gasteiger partial charge >= 0.3 is 0 Å². The molecule has 1 nitrogen and oxygen atoms in total. The first-order valence-electron chi connectivity index (χ1n) is 5.60. The molecule has 0 spiro atoms. The van der Waals surface area contributed by atoms with Gasteiger partial charge in [-0.15, -0.1) is 0 Å². The first-order valence-corrected chi connectivity index (χ1v) is 7.13. The van der Waals surface area contributed by atoms with Gasteiger partial charge in [0.25, 0.3) is 0 Å². The van der Waals surface area contributed by atoms with Crippen LogP contribution in [0.2, 0.25) is 0 Å². The average molecular weight is 334 g/mol. The van der Waals surface area contributed by atoms with E-state index in [-0.39, 0.29) is 5.82 Å². The first kappa shape index (κ1) is 12.3. The molecule has 1 aromatic rings. The number of ether oxygens (including phenoxy) is 1. The zero-order valence-electron chi connectivity index (χ0n) is 9.38. The fourth-order valence-electron chi connectivity index (χ4n) is 1.66. The Morgan fingerprint density at radius 3 is 2.69 bits per heavy atom. The van der Waals surface area contributed by atoms with Gasteiger partial charge in [0.05, 0.1) is 6.61 Å². The summed E-state index contributed by atoms with van der Waals surface area (Å²) in [6, 6.07) is 6.90. The van der Waals surface area contributed by atoms with Crippen LogP contribution in [-0.4, -0.2) is 11.0 Å². The predicted octanol–water partition coefficient (Wildman–Crippen LogP) is 3.90. The molecule has 1 atom stereocenters. The van der Waals surface area contributed by atoms with Gasteiger partial charge in [0.1, 0.15) is 11.4 Å². The molecule has 0 radical (unpaired) electrons. The van der Waals surface area contributed by atoms with Crippen LogP contribution in [0, 0.1) is 11.7 Å². The Hall–Kier alpha value is -0.160. The van der Waals surface area contributed by atoms with Gasteiger partial charge in [-0.05, 0) is 31.7 Å². The largest absolute Gasteiger partial charge is 0.369 e. The van der Waals surface area contributed by atoms with Gasteiger partial charge in [0.2, 0.25) is 0 Å². The summed E-state index contributed by atoms with van der Waals surface area (Å²) >= 11 is 2.26. The molecule has 0 heterocycles. The van der Waals surface area contributed by atoms with Gasteiger partial charge in [0.15, 0.2) is 0 Å². The summed E-state index contributed by atoms with van der Waals surface area (Å²) in [6.07, 6.45) is 2.52. The average Bonchev–Trinajstić information content (AvgIpc) is 3.10. The van der Waals surface area contributed by atoms with E-state index < -0.39 is 5.60 Å². The van der Waals surface area contributed by atoms with Crippen molar-refractivity contribution in [1.29, 1.82) is 0 Å². The van der Waals surface area contributed by atoms with Gasteiger partial charge < -0.3 is 4.74 Å². The Balaban J connectivity index is 2.15. The fraction of sp³-hybridized carbons (Fsp3) is 0.538. The minimum Gasteiger partial charge on any atom is -0.369 e. The van der Waals surface area contributed by atoms with Crippen LogP contribution < -0.4 is 0 Å². The van der Waals surface area contributed by atoms with E-state index in [1.54, 1.807) is 6.07 Å². The molecule has 0 saturated heterocycles. The Morgan fingerprint density at radius 1 is 1.44 bits per heavy atom. The van der Waals surface area contributed by atoms with Crippen molar-refractivity contribution in [2.75, 3.05) is 11.0 Å². The molecule has 1 unspecified atom stereocenters. The molecule has 2 rings (SSSR count). The Labute approximate surface area is 110 Å². The zero-order valence-corrected chi connectivity index (χ0v) is 11.5. The molecule has 1 aliphatic rings. The number of halogens is 2. The highest BCUT2D eigenvalue weighted by atomic mass is 127. The maximum absolute atomic E-state index is 13.7. The van der Waals surface area contributed by atoms with E-state index in [0.717, 1.165) is 11.0 Å². The summed E-state index contributed by atoms with van der Waals surface area (Å²) in [4.78, 5) is 0. The molecule has 0 amide bonds. The lowest BCUT2D eigenvalue weighted by molar-refractivity contribution is -0.0235. The van der Waals surface area contributed by atoms with Crippen molar-refractivity contribution < 1.29 is 9.13 Å². The van der Waals surface area contributed by atoms with Gasteiger partial charge in [-0.25, -0.2) is 4.39 Å². The van der Waals surface area contributed by atoms with E-state index >= 15 is 0 Å². The van der Waals surface area contributed by atoms with Crippen LogP contribution in [0.3, 0.4) is 0 Å². The first-order chi connectivity index (χ1) is 7.65. The number of hydrogen-bond acceptors (Lipinski definition) is 1. The third-order valence-corrected chi connectivity index (χ3v) is 4.49. The van der Waals surface area contributed by atoms with E-state index in [2.05, 4.69) is 22.6 Å². The van der Waals surface area contributed by atoms with Gasteiger partial charge in [-0.3, -0.25) is 0 Å². The van der Waals surface area contributed by atoms with Crippen molar-refractivity contribution in [1.82, 2.24) is 0 Å². The lowest BCUT2D eigenvalue weighted by atomic mass is 9.97. The molecular weight excluding hydrogens is 318 g/mol. The van der Waals surface area contributed by atoms with Crippen LogP contribution in [0.5, 0.6) is 0 Å². The van der Waals surface area contributed by atoms with Gasteiger partial charge in [-0.1, -0.05) is 40.8 Å². The van der Waals surface area contributed by atoms with E-state index in [0.29, 0.717) is 11.5 Å². The zero-order chi connectivity index (χ0) is 11.6. The highest BCUT2D eigenvalue weighted by Crippen LogP contribution is 2.35. The third kappa shape index (κ3) is 2.74. The molecule has 3 heteroatoms. The number of hydrogen-bond donors (Lipinski definition) is 0. The van der Waals surface area contributed by atoms with Crippen molar-refractivity contribution in [3.8, 4) is 0 Å². The molecule has 1 aromatic carbocycles. The Bertz CT molecular complexity index is 365. The standard InChI is InChI=1S/C13H16FIO/c1-13(9-15,16-8-10-6-7-10)11-4-2-3-5-12(11)14/h2-5,10H,6-9H2,1H3. The summed E-state index contributed by atoms with van der Waals surface area (Å²) in [5, 5.41) is 0. The normalized spacial score (nSPS) is 19.4. The van der Waals surface area contributed by atoms with Crippen LogP contribution in [0.15, 0.2) is 24.3 Å². The lowest BCUT2D eigenvalue weighted by Gasteiger charge is -2.29. The second kappa shape index (κ2) is 5.00. The minimum absolute atomic E-state index is 0.169. The fourth-order valence-corrected chi connectivity index (χ4v) is 2.30. The molecule has 0 bridgehead atoms. The Kier molecular flexibility index (Phi) is 3.85.